The molecule has 1 N–H and O–H groups in total. The molecule has 1 aliphatic heterocycles. The van der Waals surface area contributed by atoms with Crippen molar-refractivity contribution in [1.82, 2.24) is 10.2 Å². The minimum atomic E-state index is -0.555. The molecule has 1 amide bonds. The fourth-order valence-electron chi connectivity index (χ4n) is 3.46. The van der Waals surface area contributed by atoms with Crippen LogP contribution in [-0.4, -0.2) is 44.1 Å². The van der Waals surface area contributed by atoms with Gasteiger partial charge >= 0.3 is 0 Å². The monoisotopic (exact) mass is 322 g/mol. The molecule has 1 fully saturated rings. The van der Waals surface area contributed by atoms with E-state index < -0.39 is 11.7 Å². The number of piperidine rings is 1. The van der Waals surface area contributed by atoms with Crippen LogP contribution in [0.25, 0.3) is 0 Å². The van der Waals surface area contributed by atoms with Crippen molar-refractivity contribution in [3.8, 4) is 5.75 Å². The molecule has 0 radical (unpaired) electrons. The lowest BCUT2D eigenvalue weighted by atomic mass is 9.92. The van der Waals surface area contributed by atoms with Crippen LogP contribution in [0.5, 0.6) is 5.75 Å². The molecule has 2 atom stereocenters. The van der Waals surface area contributed by atoms with Crippen LogP contribution in [0.2, 0.25) is 0 Å². The number of ether oxygens (including phenoxy) is 1. The maximum Gasteiger partial charge on any atom is 0.258 e. The Kier molecular flexibility index (Phi) is 6.39. The molecule has 1 aromatic rings. The highest BCUT2D eigenvalue weighted by molar-refractivity contribution is 5.97. The van der Waals surface area contributed by atoms with Crippen molar-refractivity contribution in [3.05, 3.63) is 29.6 Å². The van der Waals surface area contributed by atoms with Crippen LogP contribution >= 0.6 is 0 Å². The Hall–Kier alpha value is -1.62. The van der Waals surface area contributed by atoms with E-state index in [2.05, 4.69) is 24.1 Å². The number of methoxy groups -OCH3 is 1. The fraction of sp³-hybridized carbons (Fsp3) is 0.611. The molecule has 4 nitrogen and oxygen atoms in total. The van der Waals surface area contributed by atoms with Gasteiger partial charge < -0.3 is 15.0 Å². The van der Waals surface area contributed by atoms with Gasteiger partial charge in [-0.05, 0) is 43.4 Å². The molecule has 2 rings (SSSR count). The van der Waals surface area contributed by atoms with Crippen molar-refractivity contribution in [2.24, 2.45) is 11.8 Å². The highest BCUT2D eigenvalue weighted by atomic mass is 19.1. The molecule has 1 heterocycles. The third-order valence-electron chi connectivity index (χ3n) is 4.30. The Morgan fingerprint density at radius 1 is 1.35 bits per heavy atom. The van der Waals surface area contributed by atoms with E-state index in [9.17, 15) is 9.18 Å². The lowest BCUT2D eigenvalue weighted by molar-refractivity contribution is 0.0940. The van der Waals surface area contributed by atoms with Gasteiger partial charge in [-0.25, -0.2) is 4.39 Å². The molecule has 1 saturated heterocycles. The van der Waals surface area contributed by atoms with Crippen LogP contribution in [0.15, 0.2) is 18.2 Å². The van der Waals surface area contributed by atoms with Crippen molar-refractivity contribution in [1.29, 1.82) is 0 Å². The first-order valence-electron chi connectivity index (χ1n) is 8.34. The number of likely N-dealkylation sites (tertiary alicyclic amines) is 1. The van der Waals surface area contributed by atoms with Gasteiger partial charge in [0.15, 0.2) is 0 Å². The van der Waals surface area contributed by atoms with Gasteiger partial charge in [-0.2, -0.15) is 0 Å². The smallest absolute Gasteiger partial charge is 0.258 e. The summed E-state index contributed by atoms with van der Waals surface area (Å²) < 4.78 is 18.9. The quantitative estimate of drug-likeness (QED) is 0.819. The van der Waals surface area contributed by atoms with Gasteiger partial charge in [-0.15, -0.1) is 0 Å². The molecule has 0 saturated carbocycles. The third kappa shape index (κ3) is 4.93. The fourth-order valence-corrected chi connectivity index (χ4v) is 3.46. The van der Waals surface area contributed by atoms with Crippen LogP contribution in [0.3, 0.4) is 0 Å². The molecule has 0 aromatic heterocycles. The maximum atomic E-state index is 13.8. The van der Waals surface area contributed by atoms with Gasteiger partial charge in [0.05, 0.1) is 7.11 Å². The molecule has 0 bridgehead atoms. The van der Waals surface area contributed by atoms with Crippen LogP contribution < -0.4 is 10.1 Å². The average Bonchev–Trinajstić information content (AvgIpc) is 2.50. The van der Waals surface area contributed by atoms with E-state index >= 15 is 0 Å². The minimum absolute atomic E-state index is 0.0183. The number of nitrogens with one attached hydrogen (secondary N) is 1. The summed E-state index contributed by atoms with van der Waals surface area (Å²) in [6, 6.07) is 4.39. The highest BCUT2D eigenvalue weighted by Gasteiger charge is 2.21. The maximum absolute atomic E-state index is 13.8. The van der Waals surface area contributed by atoms with Gasteiger partial charge in [-0.1, -0.05) is 19.9 Å². The van der Waals surface area contributed by atoms with Crippen LogP contribution in [0, 0.1) is 17.7 Å². The second-order valence-electron chi connectivity index (χ2n) is 6.63. The number of hydrogen-bond donors (Lipinski definition) is 1. The minimum Gasteiger partial charge on any atom is -0.496 e. The van der Waals surface area contributed by atoms with E-state index in [-0.39, 0.29) is 11.3 Å². The summed E-state index contributed by atoms with van der Waals surface area (Å²) in [7, 11) is 1.43. The van der Waals surface area contributed by atoms with Crippen molar-refractivity contribution < 1.29 is 13.9 Å². The molecule has 1 aromatic carbocycles. The number of carbonyl (C=O) groups is 1. The molecule has 1 aliphatic rings. The van der Waals surface area contributed by atoms with Gasteiger partial charge in [0, 0.05) is 19.6 Å². The first-order chi connectivity index (χ1) is 11.0. The molecule has 128 valence electrons. The molecular weight excluding hydrogens is 295 g/mol. The van der Waals surface area contributed by atoms with E-state index in [0.717, 1.165) is 37.9 Å². The second-order valence-corrected chi connectivity index (χ2v) is 6.63. The van der Waals surface area contributed by atoms with Crippen molar-refractivity contribution in [2.45, 2.75) is 26.7 Å². The van der Waals surface area contributed by atoms with Crippen LogP contribution in [0.1, 0.15) is 37.0 Å². The number of nitrogens with zero attached hydrogens (tertiary/aromatic N) is 1. The van der Waals surface area contributed by atoms with Crippen molar-refractivity contribution >= 4 is 5.91 Å². The number of carbonyl (C=O) groups excluding carboxylic acids is 1. The topological polar surface area (TPSA) is 41.6 Å². The molecule has 0 spiro atoms. The Labute approximate surface area is 138 Å². The van der Waals surface area contributed by atoms with Crippen molar-refractivity contribution in [3.63, 3.8) is 0 Å². The van der Waals surface area contributed by atoms with E-state index in [0.29, 0.717) is 6.54 Å². The summed E-state index contributed by atoms with van der Waals surface area (Å²) in [4.78, 5) is 14.6. The Morgan fingerprint density at radius 3 is 2.70 bits per heavy atom. The number of benzene rings is 1. The summed E-state index contributed by atoms with van der Waals surface area (Å²) in [6.45, 7) is 8.32. The summed E-state index contributed by atoms with van der Waals surface area (Å²) in [6.07, 6.45) is 2.16. The molecule has 23 heavy (non-hydrogen) atoms. The summed E-state index contributed by atoms with van der Waals surface area (Å²) in [5.41, 5.74) is -0.0183. The summed E-state index contributed by atoms with van der Waals surface area (Å²) >= 11 is 0. The van der Waals surface area contributed by atoms with Gasteiger partial charge in [0.1, 0.15) is 17.1 Å². The zero-order valence-electron chi connectivity index (χ0n) is 14.3. The molecule has 0 aliphatic carbocycles. The van der Waals surface area contributed by atoms with Crippen LogP contribution in [0.4, 0.5) is 4.39 Å². The van der Waals surface area contributed by atoms with Gasteiger partial charge in [-0.3, -0.25) is 4.79 Å². The molecule has 5 heteroatoms. The lowest BCUT2D eigenvalue weighted by Crippen LogP contribution is -2.40. The van der Waals surface area contributed by atoms with E-state index in [1.54, 1.807) is 6.07 Å². The Balaban J connectivity index is 1.79. The number of halogens is 1. The lowest BCUT2D eigenvalue weighted by Gasteiger charge is -2.34. The second kappa shape index (κ2) is 8.29. The zero-order chi connectivity index (χ0) is 16.8. The predicted molar refractivity (Wildman–Crippen MR) is 89.3 cm³/mol. The first kappa shape index (κ1) is 17.7. The number of hydrogen-bond acceptors (Lipinski definition) is 3. The standard InChI is InChI=1S/C18H27FN2O2/c1-13-10-14(2)12-21(11-13)9-5-8-20-18(22)17-15(19)6-4-7-16(17)23-3/h4,6-7,13-14H,5,8-12H2,1-3H3,(H,20,22). The first-order valence-corrected chi connectivity index (χ1v) is 8.34. The van der Waals surface area contributed by atoms with Gasteiger partial charge in [0.2, 0.25) is 0 Å². The van der Waals surface area contributed by atoms with Gasteiger partial charge in [0.25, 0.3) is 5.91 Å². The largest absolute Gasteiger partial charge is 0.496 e. The van der Waals surface area contributed by atoms with E-state index in [4.69, 9.17) is 4.74 Å². The van der Waals surface area contributed by atoms with E-state index in [1.165, 1.54) is 25.7 Å². The normalized spacial score (nSPS) is 21.9. The highest BCUT2D eigenvalue weighted by Crippen LogP contribution is 2.22. The average molecular weight is 322 g/mol. The molecule has 2 unspecified atom stereocenters. The Morgan fingerprint density at radius 2 is 2.04 bits per heavy atom. The number of rotatable bonds is 6. The zero-order valence-corrected chi connectivity index (χ0v) is 14.3. The summed E-state index contributed by atoms with van der Waals surface area (Å²) in [5.74, 6) is 0.758. The SMILES string of the molecule is COc1cccc(F)c1C(=O)NCCCN1CC(C)CC(C)C1. The van der Waals surface area contributed by atoms with Crippen LogP contribution in [-0.2, 0) is 0 Å². The third-order valence-corrected chi connectivity index (χ3v) is 4.30. The Bertz CT molecular complexity index is 526. The van der Waals surface area contributed by atoms with E-state index in [1.807, 2.05) is 0 Å². The predicted octanol–water partition coefficient (Wildman–Crippen LogP) is 2.93. The molecular formula is C18H27FN2O2. The number of amides is 1. The van der Waals surface area contributed by atoms with Crippen molar-refractivity contribution in [2.75, 3.05) is 33.3 Å². The summed E-state index contributed by atoms with van der Waals surface area (Å²) in [5, 5.41) is 2.79.